The van der Waals surface area contributed by atoms with Crippen LogP contribution in [0.5, 0.6) is 0 Å². The predicted octanol–water partition coefficient (Wildman–Crippen LogP) is 10.9. The summed E-state index contributed by atoms with van der Waals surface area (Å²) in [5, 5.41) is 28.4. The Hall–Kier alpha value is -6.56. The van der Waals surface area contributed by atoms with E-state index in [0.717, 1.165) is 66.2 Å². The van der Waals surface area contributed by atoms with Crippen molar-refractivity contribution in [2.24, 2.45) is 0 Å². The van der Waals surface area contributed by atoms with Gasteiger partial charge >= 0.3 is 292 Å². The van der Waals surface area contributed by atoms with Crippen LogP contribution in [0, 0.1) is 22.7 Å². The summed E-state index contributed by atoms with van der Waals surface area (Å²) in [5.74, 6) is 0. The number of furan rings is 1. The van der Waals surface area contributed by atoms with Gasteiger partial charge in [0.25, 0.3) is 0 Å². The van der Waals surface area contributed by atoms with Gasteiger partial charge in [-0.3, -0.25) is 0 Å². The third kappa shape index (κ3) is 3.69. The predicted molar refractivity (Wildman–Crippen MR) is 204 cm³/mol. The zero-order valence-electron chi connectivity index (χ0n) is 26.3. The average Bonchev–Trinajstić information content (AvgIpc) is 3.90. The van der Waals surface area contributed by atoms with Crippen molar-refractivity contribution < 1.29 is 4.42 Å². The van der Waals surface area contributed by atoms with Crippen LogP contribution in [-0.4, -0.2) is 23.6 Å². The van der Waals surface area contributed by atoms with Crippen LogP contribution in [0.3, 0.4) is 0 Å². The molecular formula is C44H22N4OSe. The van der Waals surface area contributed by atoms with E-state index in [-0.39, 0.29) is 14.5 Å². The van der Waals surface area contributed by atoms with Gasteiger partial charge in [-0.05, 0) is 0 Å². The molecule has 11 aromatic rings. The van der Waals surface area contributed by atoms with Crippen molar-refractivity contribution in [3.8, 4) is 23.5 Å². The first-order valence-corrected chi connectivity index (χ1v) is 18.1. The van der Waals surface area contributed by atoms with Crippen molar-refractivity contribution >= 4 is 99.3 Å². The van der Waals surface area contributed by atoms with Crippen molar-refractivity contribution in [3.05, 3.63) is 145 Å². The quantitative estimate of drug-likeness (QED) is 0.169. The Morgan fingerprint density at radius 3 is 1.64 bits per heavy atom. The Morgan fingerprint density at radius 2 is 0.980 bits per heavy atom. The van der Waals surface area contributed by atoms with E-state index in [1.165, 1.54) is 30.1 Å². The van der Waals surface area contributed by atoms with E-state index in [1.807, 2.05) is 48.5 Å². The summed E-state index contributed by atoms with van der Waals surface area (Å²) in [4.78, 5) is 0. The molecule has 0 saturated carbocycles. The summed E-state index contributed by atoms with van der Waals surface area (Å²) in [6.07, 6.45) is 0. The fourth-order valence-corrected chi connectivity index (χ4v) is 10.2. The van der Waals surface area contributed by atoms with Gasteiger partial charge in [-0.15, -0.1) is 0 Å². The summed E-state index contributed by atoms with van der Waals surface area (Å²) < 4.78 is 13.7. The van der Waals surface area contributed by atoms with Gasteiger partial charge in [0.15, 0.2) is 0 Å². The van der Waals surface area contributed by atoms with Gasteiger partial charge in [0.05, 0.1) is 0 Å². The van der Waals surface area contributed by atoms with Gasteiger partial charge < -0.3 is 0 Å². The zero-order chi connectivity index (χ0) is 33.1. The number of nitrogens with zero attached hydrogens (tertiary/aromatic N) is 4. The molecular weight excluding hydrogens is 679 g/mol. The molecule has 0 radical (unpaired) electrons. The monoisotopic (exact) mass is 702 g/mol. The van der Waals surface area contributed by atoms with Crippen molar-refractivity contribution in [1.82, 2.24) is 9.13 Å². The zero-order valence-corrected chi connectivity index (χ0v) is 28.0. The fourth-order valence-electron chi connectivity index (χ4n) is 7.94. The Kier molecular flexibility index (Phi) is 5.47. The van der Waals surface area contributed by atoms with Crippen molar-refractivity contribution in [2.45, 2.75) is 0 Å². The first-order chi connectivity index (χ1) is 24.7. The third-order valence-corrected chi connectivity index (χ3v) is 12.6. The Labute approximate surface area is 290 Å². The van der Waals surface area contributed by atoms with Crippen LogP contribution in [0.15, 0.2) is 138 Å². The molecule has 6 heteroatoms. The van der Waals surface area contributed by atoms with Crippen molar-refractivity contribution in [2.75, 3.05) is 0 Å². The van der Waals surface area contributed by atoms with Gasteiger partial charge in [-0.25, -0.2) is 0 Å². The average molecular weight is 702 g/mol. The first kappa shape index (κ1) is 27.4. The maximum absolute atomic E-state index is 9.67. The molecule has 0 saturated heterocycles. The van der Waals surface area contributed by atoms with E-state index in [1.54, 1.807) is 0 Å². The Morgan fingerprint density at radius 1 is 0.420 bits per heavy atom. The van der Waals surface area contributed by atoms with Crippen LogP contribution in [0.1, 0.15) is 11.1 Å². The van der Waals surface area contributed by atoms with Gasteiger partial charge in [-0.2, -0.15) is 0 Å². The van der Waals surface area contributed by atoms with Gasteiger partial charge in [-0.1, -0.05) is 0 Å². The summed E-state index contributed by atoms with van der Waals surface area (Å²) >= 11 is 0.189. The molecule has 0 fully saturated rings. The normalized spacial score (nSPS) is 12.0. The second-order valence-corrected chi connectivity index (χ2v) is 15.1. The van der Waals surface area contributed by atoms with Crippen LogP contribution in [0.2, 0.25) is 0 Å². The van der Waals surface area contributed by atoms with Gasteiger partial charge in [0, 0.05) is 0 Å². The summed E-state index contributed by atoms with van der Waals surface area (Å²) in [5.41, 5.74) is 9.52. The van der Waals surface area contributed by atoms with Crippen molar-refractivity contribution in [3.63, 3.8) is 0 Å². The Bertz CT molecular complexity index is 3290. The number of fused-ring (bicyclic) bond motifs is 12. The molecule has 11 rings (SSSR count). The second-order valence-electron chi connectivity index (χ2n) is 12.8. The van der Waals surface area contributed by atoms with E-state index >= 15 is 0 Å². The number of rotatable bonds is 2. The van der Waals surface area contributed by atoms with E-state index in [4.69, 9.17) is 4.42 Å². The first-order valence-electron chi connectivity index (χ1n) is 16.4. The molecule has 0 atom stereocenters. The van der Waals surface area contributed by atoms with Crippen LogP contribution >= 0.6 is 0 Å². The molecule has 0 aliphatic carbocycles. The van der Waals surface area contributed by atoms with Crippen LogP contribution in [0.25, 0.3) is 96.2 Å². The number of benzene rings is 7. The fraction of sp³-hybridized carbons (Fsp3) is 0. The molecule has 0 bridgehead atoms. The minimum atomic E-state index is 0.189. The molecule has 0 aliphatic rings. The number of hydrogen-bond donors (Lipinski definition) is 0. The topological polar surface area (TPSA) is 70.6 Å². The van der Waals surface area contributed by atoms with Crippen LogP contribution in [-0.2, 0) is 0 Å². The molecule has 0 N–H and O–H groups in total. The SMILES string of the molecule is N#Cc1ccc2c(c1)c1cc(C#N)ccc1n2-c1ccc2[se]c3ccc(-n4c5ccccc5c5cc6oc7ccccc7c6cc54)cc3c2c1. The molecule has 4 aromatic heterocycles. The van der Waals surface area contributed by atoms with E-state index < -0.39 is 0 Å². The molecule has 50 heavy (non-hydrogen) atoms. The maximum atomic E-state index is 9.67. The minimum absolute atomic E-state index is 0.189. The van der Waals surface area contributed by atoms with Gasteiger partial charge in [0.2, 0.25) is 0 Å². The van der Waals surface area contributed by atoms with E-state index in [9.17, 15) is 10.5 Å². The molecule has 0 spiro atoms. The van der Waals surface area contributed by atoms with Crippen LogP contribution < -0.4 is 0 Å². The second kappa shape index (κ2) is 9.98. The third-order valence-electron chi connectivity index (χ3n) is 10.1. The molecule has 230 valence electrons. The standard InChI is InChI=1S/C44H22N4OSe/c45-23-25-9-13-38-31(17-25)32-18-26(24-46)10-14-39(32)47(38)27-11-15-43-35(19-27)36-20-28(12-16-44(36)50-43)48-37-7-3-1-5-29(37)33-22-42-34(21-40(33)48)30-6-2-4-8-41(30)49-42/h1-22H. The number of nitriles is 2. The number of para-hydroxylation sites is 2. The van der Waals surface area contributed by atoms with Gasteiger partial charge in [0.1, 0.15) is 0 Å². The molecule has 0 amide bonds. The molecule has 7 aromatic carbocycles. The molecule has 4 heterocycles. The van der Waals surface area contributed by atoms with Crippen molar-refractivity contribution in [1.29, 1.82) is 10.5 Å². The molecule has 0 unspecified atom stereocenters. The summed E-state index contributed by atoms with van der Waals surface area (Å²) in [6, 6.07) is 51.3. The van der Waals surface area contributed by atoms with E-state index in [0.29, 0.717) is 11.1 Å². The van der Waals surface area contributed by atoms with Crippen LogP contribution in [0.4, 0.5) is 0 Å². The molecule has 0 aliphatic heterocycles. The molecule has 5 nitrogen and oxygen atoms in total. The number of hydrogen-bond acceptors (Lipinski definition) is 3. The summed E-state index contributed by atoms with van der Waals surface area (Å²) in [6.45, 7) is 0. The van der Waals surface area contributed by atoms with E-state index in [2.05, 4.69) is 106 Å². The Balaban J connectivity index is 1.17. The summed E-state index contributed by atoms with van der Waals surface area (Å²) in [7, 11) is 0. The number of aromatic nitrogens is 2.